The van der Waals surface area contributed by atoms with Gasteiger partial charge in [0, 0.05) is 26.2 Å². The topological polar surface area (TPSA) is 64.4 Å². The highest BCUT2D eigenvalue weighted by atomic mass is 32.2. The van der Waals surface area contributed by atoms with Gasteiger partial charge in [-0.25, -0.2) is 8.42 Å². The Balaban J connectivity index is 1.66. The maximum atomic E-state index is 12.8. The molecule has 2 aromatic rings. The molecule has 0 bridgehead atoms. The summed E-state index contributed by atoms with van der Waals surface area (Å²) in [5, 5.41) is 9.63. The van der Waals surface area contributed by atoms with E-state index in [0.29, 0.717) is 26.2 Å². The fourth-order valence-electron chi connectivity index (χ4n) is 3.42. The van der Waals surface area contributed by atoms with Crippen molar-refractivity contribution in [1.29, 1.82) is 5.26 Å². The lowest BCUT2D eigenvalue weighted by atomic mass is 10.0. The van der Waals surface area contributed by atoms with Crippen LogP contribution in [-0.2, 0) is 15.8 Å². The van der Waals surface area contributed by atoms with E-state index in [1.54, 1.807) is 4.31 Å². The molecule has 0 N–H and O–H groups in total. The maximum absolute atomic E-state index is 12.8. The van der Waals surface area contributed by atoms with E-state index in [0.717, 1.165) is 22.3 Å². The lowest BCUT2D eigenvalue weighted by Gasteiger charge is -2.36. The molecule has 0 spiro atoms. The van der Waals surface area contributed by atoms with Gasteiger partial charge in [0.2, 0.25) is 10.0 Å². The Morgan fingerprint density at radius 3 is 2.22 bits per heavy atom. The molecule has 1 unspecified atom stereocenters. The lowest BCUT2D eigenvalue weighted by Crippen LogP contribution is -2.49. The van der Waals surface area contributed by atoms with Crippen LogP contribution in [0.5, 0.6) is 0 Å². The van der Waals surface area contributed by atoms with Gasteiger partial charge in [-0.05, 0) is 30.5 Å². The zero-order valence-electron chi connectivity index (χ0n) is 15.8. The summed E-state index contributed by atoms with van der Waals surface area (Å²) in [6, 6.07) is 17.6. The van der Waals surface area contributed by atoms with Gasteiger partial charge in [-0.1, -0.05) is 54.1 Å². The van der Waals surface area contributed by atoms with Gasteiger partial charge in [-0.15, -0.1) is 0 Å². The lowest BCUT2D eigenvalue weighted by molar-refractivity contribution is 0.162. The van der Waals surface area contributed by atoms with Crippen molar-refractivity contribution >= 4 is 10.0 Å². The second-order valence-corrected chi connectivity index (χ2v) is 9.03. The Hall–Kier alpha value is -2.20. The van der Waals surface area contributed by atoms with Gasteiger partial charge in [-0.2, -0.15) is 9.57 Å². The Kier molecular flexibility index (Phi) is 5.95. The molecule has 142 valence electrons. The summed E-state index contributed by atoms with van der Waals surface area (Å²) in [5.74, 6) is 0.0271. The predicted molar refractivity (Wildman–Crippen MR) is 106 cm³/mol. The number of benzene rings is 2. The largest absolute Gasteiger partial charge is 0.282 e. The molecule has 6 heteroatoms. The van der Waals surface area contributed by atoms with Crippen molar-refractivity contribution in [3.8, 4) is 6.07 Å². The fraction of sp³-hybridized carbons (Fsp3) is 0.381. The Labute approximate surface area is 161 Å². The summed E-state index contributed by atoms with van der Waals surface area (Å²) in [5.41, 5.74) is 3.94. The average molecular weight is 384 g/mol. The zero-order chi connectivity index (χ0) is 19.4. The Morgan fingerprint density at radius 1 is 1.00 bits per heavy atom. The van der Waals surface area contributed by atoms with Crippen molar-refractivity contribution in [1.82, 2.24) is 9.21 Å². The van der Waals surface area contributed by atoms with Gasteiger partial charge in [0.05, 0.1) is 11.8 Å². The number of piperazine rings is 1. The van der Waals surface area contributed by atoms with Crippen LogP contribution in [0.1, 0.15) is 28.3 Å². The number of nitriles is 1. The molecule has 0 aromatic heterocycles. The third-order valence-electron chi connectivity index (χ3n) is 5.15. The quantitative estimate of drug-likeness (QED) is 0.796. The summed E-state index contributed by atoms with van der Waals surface area (Å²) < 4.78 is 27.2. The molecule has 0 saturated carbocycles. The highest BCUT2D eigenvalue weighted by Crippen LogP contribution is 2.24. The Bertz CT molecular complexity index is 925. The van der Waals surface area contributed by atoms with Gasteiger partial charge >= 0.3 is 0 Å². The van der Waals surface area contributed by atoms with Gasteiger partial charge in [0.1, 0.15) is 6.04 Å². The van der Waals surface area contributed by atoms with E-state index in [2.05, 4.69) is 11.0 Å². The molecule has 1 heterocycles. The first kappa shape index (κ1) is 19.6. The first-order valence-electron chi connectivity index (χ1n) is 9.13. The van der Waals surface area contributed by atoms with Gasteiger partial charge in [-0.3, -0.25) is 4.90 Å². The normalized spacial score (nSPS) is 17.4. The third kappa shape index (κ3) is 4.56. The minimum atomic E-state index is -3.36. The van der Waals surface area contributed by atoms with E-state index < -0.39 is 10.0 Å². The van der Waals surface area contributed by atoms with Gasteiger partial charge in [0.25, 0.3) is 0 Å². The first-order valence-corrected chi connectivity index (χ1v) is 10.7. The van der Waals surface area contributed by atoms with Crippen LogP contribution in [0.4, 0.5) is 0 Å². The molecule has 1 saturated heterocycles. The monoisotopic (exact) mass is 383 g/mol. The van der Waals surface area contributed by atoms with Crippen molar-refractivity contribution < 1.29 is 8.42 Å². The molecule has 1 aliphatic rings. The second-order valence-electron chi connectivity index (χ2n) is 7.06. The average Bonchev–Trinajstić information content (AvgIpc) is 2.66. The van der Waals surface area contributed by atoms with Crippen molar-refractivity contribution in [3.63, 3.8) is 0 Å². The predicted octanol–water partition coefficient (Wildman–Crippen LogP) is 3.02. The first-order chi connectivity index (χ1) is 12.9. The van der Waals surface area contributed by atoms with Crippen LogP contribution in [-0.4, -0.2) is 43.8 Å². The standard InChI is InChI=1S/C21H25N3O2S/c1-17-7-9-19(10-8-17)21(15-22)23-11-13-24(14-12-23)27(25,26)16-20-6-4-3-5-18(20)2/h3-10,21H,11-14,16H2,1-2H3. The molecule has 1 aliphatic heterocycles. The summed E-state index contributed by atoms with van der Waals surface area (Å²) in [7, 11) is -3.36. The van der Waals surface area contributed by atoms with Crippen LogP contribution in [0, 0.1) is 25.2 Å². The van der Waals surface area contributed by atoms with Crippen LogP contribution in [0.25, 0.3) is 0 Å². The van der Waals surface area contributed by atoms with E-state index in [4.69, 9.17) is 0 Å². The van der Waals surface area contributed by atoms with Crippen LogP contribution in [0.2, 0.25) is 0 Å². The number of aryl methyl sites for hydroxylation is 2. The van der Waals surface area contributed by atoms with Crippen molar-refractivity contribution in [3.05, 3.63) is 70.8 Å². The number of hydrogen-bond donors (Lipinski definition) is 0. The van der Waals surface area contributed by atoms with Crippen molar-refractivity contribution in [2.24, 2.45) is 0 Å². The highest BCUT2D eigenvalue weighted by Gasteiger charge is 2.30. The van der Waals surface area contributed by atoms with E-state index in [9.17, 15) is 13.7 Å². The second kappa shape index (κ2) is 8.22. The maximum Gasteiger partial charge on any atom is 0.218 e. The van der Waals surface area contributed by atoms with Crippen molar-refractivity contribution in [2.45, 2.75) is 25.6 Å². The minimum absolute atomic E-state index is 0.0271. The van der Waals surface area contributed by atoms with Crippen LogP contribution in [0.3, 0.4) is 0 Å². The van der Waals surface area contributed by atoms with Gasteiger partial charge in [0.15, 0.2) is 0 Å². The van der Waals surface area contributed by atoms with Crippen LogP contribution in [0.15, 0.2) is 48.5 Å². The molecular weight excluding hydrogens is 358 g/mol. The SMILES string of the molecule is Cc1ccc(C(C#N)N2CCN(S(=O)(=O)Cc3ccccc3C)CC2)cc1. The third-order valence-corrected chi connectivity index (χ3v) is 6.97. The van der Waals surface area contributed by atoms with E-state index in [1.165, 1.54) is 0 Å². The molecule has 2 aromatic carbocycles. The van der Waals surface area contributed by atoms with Crippen molar-refractivity contribution in [2.75, 3.05) is 26.2 Å². The van der Waals surface area contributed by atoms with E-state index >= 15 is 0 Å². The highest BCUT2D eigenvalue weighted by molar-refractivity contribution is 7.88. The molecule has 0 aliphatic carbocycles. The number of rotatable bonds is 5. The molecule has 0 radical (unpaired) electrons. The summed E-state index contributed by atoms with van der Waals surface area (Å²) in [6.45, 7) is 5.89. The molecular formula is C21H25N3O2S. The molecule has 1 atom stereocenters. The Morgan fingerprint density at radius 2 is 1.63 bits per heavy atom. The summed E-state index contributed by atoms with van der Waals surface area (Å²) >= 11 is 0. The fourth-order valence-corrected chi connectivity index (χ4v) is 5.03. The van der Waals surface area contributed by atoms with E-state index in [-0.39, 0.29) is 11.8 Å². The number of nitrogens with zero attached hydrogens (tertiary/aromatic N) is 3. The molecule has 27 heavy (non-hydrogen) atoms. The number of sulfonamides is 1. The van der Waals surface area contributed by atoms with E-state index in [1.807, 2.05) is 62.4 Å². The van der Waals surface area contributed by atoms with Crippen LogP contribution < -0.4 is 0 Å². The molecule has 1 fully saturated rings. The molecule has 3 rings (SSSR count). The number of hydrogen-bond acceptors (Lipinski definition) is 4. The minimum Gasteiger partial charge on any atom is -0.282 e. The van der Waals surface area contributed by atoms with Crippen LogP contribution >= 0.6 is 0 Å². The molecule has 5 nitrogen and oxygen atoms in total. The zero-order valence-corrected chi connectivity index (χ0v) is 16.6. The summed E-state index contributed by atoms with van der Waals surface area (Å²) in [6.07, 6.45) is 0. The summed E-state index contributed by atoms with van der Waals surface area (Å²) in [4.78, 5) is 2.06. The smallest absolute Gasteiger partial charge is 0.218 e. The molecule has 0 amide bonds. The van der Waals surface area contributed by atoms with Gasteiger partial charge < -0.3 is 0 Å².